The van der Waals surface area contributed by atoms with Crippen molar-refractivity contribution in [1.82, 2.24) is 0 Å². The van der Waals surface area contributed by atoms with Gasteiger partial charge in [-0.25, -0.2) is 0 Å². The van der Waals surface area contributed by atoms with E-state index in [0.29, 0.717) is 11.6 Å². The van der Waals surface area contributed by atoms with Crippen molar-refractivity contribution in [3.8, 4) is 5.75 Å². The fourth-order valence-corrected chi connectivity index (χ4v) is 1.65. The SMILES string of the molecule is Cc1ccc(Cl)c(O)c1CCCCN. The Bertz CT molecular complexity index is 312. The zero-order valence-corrected chi connectivity index (χ0v) is 9.14. The lowest BCUT2D eigenvalue weighted by atomic mass is 10.0. The molecule has 0 aromatic heterocycles. The van der Waals surface area contributed by atoms with Gasteiger partial charge in [0.25, 0.3) is 0 Å². The number of phenolic OH excluding ortho intramolecular Hbond substituents is 1. The molecule has 2 nitrogen and oxygen atoms in total. The molecule has 0 heterocycles. The molecule has 14 heavy (non-hydrogen) atoms. The third-order valence-electron chi connectivity index (χ3n) is 2.35. The molecule has 0 aliphatic carbocycles. The molecule has 78 valence electrons. The normalized spacial score (nSPS) is 10.5. The van der Waals surface area contributed by atoms with Gasteiger partial charge in [0.1, 0.15) is 5.75 Å². The van der Waals surface area contributed by atoms with Gasteiger partial charge in [0.2, 0.25) is 0 Å². The fourth-order valence-electron chi connectivity index (χ4n) is 1.47. The minimum atomic E-state index is 0.226. The maximum Gasteiger partial charge on any atom is 0.137 e. The van der Waals surface area contributed by atoms with Crippen LogP contribution in [0, 0.1) is 6.92 Å². The molecule has 0 saturated carbocycles. The first kappa shape index (κ1) is 11.3. The molecule has 0 spiro atoms. The number of hydrogen-bond donors (Lipinski definition) is 2. The smallest absolute Gasteiger partial charge is 0.137 e. The first-order valence-electron chi connectivity index (χ1n) is 4.84. The Balaban J connectivity index is 2.79. The van der Waals surface area contributed by atoms with Crippen LogP contribution in [0.5, 0.6) is 5.75 Å². The number of rotatable bonds is 4. The Morgan fingerprint density at radius 2 is 2.07 bits per heavy atom. The number of benzene rings is 1. The number of nitrogens with two attached hydrogens (primary N) is 1. The second kappa shape index (κ2) is 5.23. The van der Waals surface area contributed by atoms with Crippen LogP contribution in [0.3, 0.4) is 0 Å². The summed E-state index contributed by atoms with van der Waals surface area (Å²) in [5, 5.41) is 10.1. The summed E-state index contributed by atoms with van der Waals surface area (Å²) in [6, 6.07) is 3.65. The van der Waals surface area contributed by atoms with Gasteiger partial charge in [0.05, 0.1) is 5.02 Å². The molecule has 0 fully saturated rings. The van der Waals surface area contributed by atoms with Crippen LogP contribution in [0.15, 0.2) is 12.1 Å². The lowest BCUT2D eigenvalue weighted by Gasteiger charge is -2.09. The van der Waals surface area contributed by atoms with Gasteiger partial charge in [-0.1, -0.05) is 17.7 Å². The predicted molar refractivity (Wildman–Crippen MR) is 59.8 cm³/mol. The van der Waals surface area contributed by atoms with Crippen LogP contribution in [0.4, 0.5) is 0 Å². The van der Waals surface area contributed by atoms with Crippen molar-refractivity contribution in [3.05, 3.63) is 28.3 Å². The Hall–Kier alpha value is -0.730. The molecule has 0 unspecified atom stereocenters. The topological polar surface area (TPSA) is 46.2 Å². The number of aryl methyl sites for hydroxylation is 1. The van der Waals surface area contributed by atoms with E-state index in [4.69, 9.17) is 17.3 Å². The van der Waals surface area contributed by atoms with Crippen LogP contribution < -0.4 is 5.73 Å². The predicted octanol–water partition coefficient (Wildman–Crippen LogP) is 2.64. The van der Waals surface area contributed by atoms with Gasteiger partial charge in [0, 0.05) is 0 Å². The average molecular weight is 214 g/mol. The third-order valence-corrected chi connectivity index (χ3v) is 2.65. The molecule has 3 N–H and O–H groups in total. The lowest BCUT2D eigenvalue weighted by Crippen LogP contribution is -2.00. The Morgan fingerprint density at radius 3 is 2.71 bits per heavy atom. The van der Waals surface area contributed by atoms with E-state index in [0.717, 1.165) is 30.4 Å². The van der Waals surface area contributed by atoms with E-state index in [1.54, 1.807) is 6.07 Å². The number of unbranched alkanes of at least 4 members (excludes halogenated alkanes) is 1. The summed E-state index contributed by atoms with van der Waals surface area (Å²) in [7, 11) is 0. The van der Waals surface area contributed by atoms with Crippen LogP contribution in [0.25, 0.3) is 0 Å². The molecule has 1 rings (SSSR count). The maximum absolute atomic E-state index is 9.71. The van der Waals surface area contributed by atoms with Gasteiger partial charge in [0.15, 0.2) is 0 Å². The molecule has 1 aromatic rings. The third kappa shape index (κ3) is 2.63. The molecular formula is C11H16ClNO. The van der Waals surface area contributed by atoms with Crippen LogP contribution in [-0.4, -0.2) is 11.7 Å². The minimum absolute atomic E-state index is 0.226. The highest BCUT2D eigenvalue weighted by atomic mass is 35.5. The van der Waals surface area contributed by atoms with Gasteiger partial charge in [-0.3, -0.25) is 0 Å². The van der Waals surface area contributed by atoms with Gasteiger partial charge in [-0.05, 0) is 49.9 Å². The van der Waals surface area contributed by atoms with Gasteiger partial charge in [-0.15, -0.1) is 0 Å². The van der Waals surface area contributed by atoms with Gasteiger partial charge >= 0.3 is 0 Å². The van der Waals surface area contributed by atoms with Gasteiger partial charge in [-0.2, -0.15) is 0 Å². The Kier molecular flexibility index (Phi) is 4.23. The lowest BCUT2D eigenvalue weighted by molar-refractivity contribution is 0.466. The summed E-state index contributed by atoms with van der Waals surface area (Å²) in [6.45, 7) is 2.67. The summed E-state index contributed by atoms with van der Waals surface area (Å²) in [4.78, 5) is 0. The van der Waals surface area contributed by atoms with E-state index < -0.39 is 0 Å². The van der Waals surface area contributed by atoms with Crippen molar-refractivity contribution in [3.63, 3.8) is 0 Å². The molecule has 0 amide bonds. The molecular weight excluding hydrogens is 198 g/mol. The molecule has 0 saturated heterocycles. The molecule has 0 atom stereocenters. The second-order valence-corrected chi connectivity index (χ2v) is 3.84. The Labute approximate surface area is 89.7 Å². The second-order valence-electron chi connectivity index (χ2n) is 3.44. The summed E-state index contributed by atoms with van der Waals surface area (Å²) in [6.07, 6.45) is 2.81. The molecule has 0 radical (unpaired) electrons. The zero-order valence-electron chi connectivity index (χ0n) is 8.39. The van der Waals surface area contributed by atoms with Gasteiger partial charge < -0.3 is 10.8 Å². The van der Waals surface area contributed by atoms with Crippen molar-refractivity contribution in [2.75, 3.05) is 6.54 Å². The minimum Gasteiger partial charge on any atom is -0.506 e. The maximum atomic E-state index is 9.71. The fraction of sp³-hybridized carbons (Fsp3) is 0.455. The number of halogens is 1. The van der Waals surface area contributed by atoms with Crippen molar-refractivity contribution < 1.29 is 5.11 Å². The summed E-state index contributed by atoms with van der Waals surface area (Å²) in [5.41, 5.74) is 7.45. The van der Waals surface area contributed by atoms with E-state index in [1.807, 2.05) is 13.0 Å². The molecule has 3 heteroatoms. The van der Waals surface area contributed by atoms with Crippen molar-refractivity contribution in [1.29, 1.82) is 0 Å². The van der Waals surface area contributed by atoms with Crippen molar-refractivity contribution in [2.45, 2.75) is 26.2 Å². The highest BCUT2D eigenvalue weighted by molar-refractivity contribution is 6.32. The monoisotopic (exact) mass is 213 g/mol. The average Bonchev–Trinajstić information content (AvgIpc) is 2.18. The number of hydrogen-bond acceptors (Lipinski definition) is 2. The zero-order chi connectivity index (χ0) is 10.6. The van der Waals surface area contributed by atoms with Crippen LogP contribution >= 0.6 is 11.6 Å². The standard InChI is InChI=1S/C11H16ClNO/c1-8-5-6-10(12)11(14)9(8)4-2-3-7-13/h5-6,14H,2-4,7,13H2,1H3. The van der Waals surface area contributed by atoms with Crippen molar-refractivity contribution in [2.24, 2.45) is 5.73 Å². The van der Waals surface area contributed by atoms with Crippen LogP contribution in [0.2, 0.25) is 5.02 Å². The molecule has 1 aromatic carbocycles. The highest BCUT2D eigenvalue weighted by Gasteiger charge is 2.07. The van der Waals surface area contributed by atoms with E-state index in [-0.39, 0.29) is 5.75 Å². The molecule has 0 aliphatic rings. The summed E-state index contributed by atoms with van der Waals surface area (Å²) >= 11 is 5.82. The quantitative estimate of drug-likeness (QED) is 0.756. The highest BCUT2D eigenvalue weighted by Crippen LogP contribution is 2.30. The van der Waals surface area contributed by atoms with E-state index >= 15 is 0 Å². The van der Waals surface area contributed by atoms with E-state index in [9.17, 15) is 5.11 Å². The van der Waals surface area contributed by atoms with E-state index in [1.165, 1.54) is 0 Å². The van der Waals surface area contributed by atoms with E-state index in [2.05, 4.69) is 0 Å². The Morgan fingerprint density at radius 1 is 1.36 bits per heavy atom. The summed E-state index contributed by atoms with van der Waals surface area (Å²) < 4.78 is 0. The van der Waals surface area contributed by atoms with Crippen LogP contribution in [0.1, 0.15) is 24.0 Å². The molecule has 0 aliphatic heterocycles. The first-order chi connectivity index (χ1) is 6.66. The molecule has 0 bridgehead atoms. The van der Waals surface area contributed by atoms with Crippen LogP contribution in [-0.2, 0) is 6.42 Å². The largest absolute Gasteiger partial charge is 0.506 e. The first-order valence-corrected chi connectivity index (χ1v) is 5.21. The van der Waals surface area contributed by atoms with Crippen molar-refractivity contribution >= 4 is 11.6 Å². The summed E-state index contributed by atoms with van der Waals surface area (Å²) in [5.74, 6) is 0.226. The number of aromatic hydroxyl groups is 1. The number of phenols is 1.